The molecule has 0 aliphatic rings. The van der Waals surface area contributed by atoms with Crippen molar-refractivity contribution in [1.82, 2.24) is 0 Å². The monoisotopic (exact) mass is 455 g/mol. The number of para-hydroxylation sites is 1. The molecule has 1 N–H and O–H groups in total. The van der Waals surface area contributed by atoms with E-state index < -0.39 is 0 Å². The summed E-state index contributed by atoms with van der Waals surface area (Å²) in [6, 6.07) is 17.8. The lowest BCUT2D eigenvalue weighted by Gasteiger charge is -2.18. The first-order valence-electron chi connectivity index (χ1n) is 10.3. The molecule has 162 valence electrons. The van der Waals surface area contributed by atoms with Crippen molar-refractivity contribution in [1.29, 1.82) is 0 Å². The summed E-state index contributed by atoms with van der Waals surface area (Å²) in [5.74, 6) is 1.43. The molecule has 0 bridgehead atoms. The van der Waals surface area contributed by atoms with Gasteiger partial charge >= 0.3 is 0 Å². The topological polar surface area (TPSA) is 30.5 Å². The second-order valence-corrected chi connectivity index (χ2v) is 8.04. The average molecular weight is 456 g/mol. The van der Waals surface area contributed by atoms with Gasteiger partial charge in [-0.2, -0.15) is 0 Å². The van der Waals surface area contributed by atoms with Gasteiger partial charge in [0.25, 0.3) is 0 Å². The molecule has 0 atom stereocenters. The second kappa shape index (κ2) is 11.1. The van der Waals surface area contributed by atoms with E-state index in [0.29, 0.717) is 47.7 Å². The molecular weight excluding hydrogens is 429 g/mol. The molecule has 0 aliphatic heterocycles. The number of nitrogens with one attached hydrogen (secondary N) is 1. The molecule has 3 aromatic rings. The number of aryl methyl sites for hydroxylation is 1. The number of allylic oxidation sites excluding steroid dienone is 1. The van der Waals surface area contributed by atoms with Gasteiger partial charge < -0.3 is 14.8 Å². The summed E-state index contributed by atoms with van der Waals surface area (Å²) in [6.07, 6.45) is 2.54. The third kappa shape index (κ3) is 6.19. The van der Waals surface area contributed by atoms with Crippen molar-refractivity contribution < 1.29 is 9.47 Å². The summed E-state index contributed by atoms with van der Waals surface area (Å²) in [6.45, 7) is 9.50. The van der Waals surface area contributed by atoms with Crippen molar-refractivity contribution in [2.45, 2.75) is 33.4 Å². The molecule has 0 aliphatic carbocycles. The van der Waals surface area contributed by atoms with E-state index in [-0.39, 0.29) is 0 Å². The number of rotatable bonds is 10. The molecule has 0 saturated carbocycles. The van der Waals surface area contributed by atoms with Gasteiger partial charge in [0.1, 0.15) is 6.61 Å². The summed E-state index contributed by atoms with van der Waals surface area (Å²) < 4.78 is 12.1. The van der Waals surface area contributed by atoms with Crippen LogP contribution in [0.1, 0.15) is 29.2 Å². The van der Waals surface area contributed by atoms with Gasteiger partial charge in [0, 0.05) is 33.4 Å². The lowest BCUT2D eigenvalue weighted by Crippen LogP contribution is -2.06. The fraction of sp³-hybridized carbons (Fsp3) is 0.231. The molecule has 3 rings (SSSR count). The van der Waals surface area contributed by atoms with Gasteiger partial charge in [-0.3, -0.25) is 0 Å². The maximum atomic E-state index is 6.31. The first-order chi connectivity index (χ1) is 15.0. The summed E-state index contributed by atoms with van der Waals surface area (Å²) >= 11 is 12.3. The van der Waals surface area contributed by atoms with Gasteiger partial charge in [-0.15, -0.1) is 6.58 Å². The van der Waals surface area contributed by atoms with E-state index in [1.54, 1.807) is 12.1 Å². The lowest BCUT2D eigenvalue weighted by molar-refractivity contribution is 0.267. The van der Waals surface area contributed by atoms with Gasteiger partial charge in [-0.25, -0.2) is 0 Å². The molecule has 0 amide bonds. The molecule has 0 aromatic heterocycles. The van der Waals surface area contributed by atoms with Gasteiger partial charge in [0.15, 0.2) is 11.5 Å². The molecule has 0 fully saturated rings. The van der Waals surface area contributed by atoms with E-state index >= 15 is 0 Å². The van der Waals surface area contributed by atoms with Crippen molar-refractivity contribution >= 4 is 28.9 Å². The van der Waals surface area contributed by atoms with Gasteiger partial charge in [0.2, 0.25) is 0 Å². The van der Waals surface area contributed by atoms with Crippen LogP contribution in [-0.2, 0) is 19.6 Å². The fourth-order valence-corrected chi connectivity index (χ4v) is 3.78. The molecule has 0 unspecified atom stereocenters. The van der Waals surface area contributed by atoms with Crippen molar-refractivity contribution in [2.75, 3.05) is 11.9 Å². The minimum Gasteiger partial charge on any atom is -0.490 e. The minimum atomic E-state index is 0.320. The van der Waals surface area contributed by atoms with Crippen LogP contribution in [0.5, 0.6) is 11.5 Å². The van der Waals surface area contributed by atoms with Crippen molar-refractivity contribution in [3.63, 3.8) is 0 Å². The maximum absolute atomic E-state index is 6.31. The predicted octanol–water partition coefficient (Wildman–Crippen LogP) is 7.62. The fourth-order valence-electron chi connectivity index (χ4n) is 3.32. The van der Waals surface area contributed by atoms with Crippen molar-refractivity contribution in [3.05, 3.63) is 99.6 Å². The van der Waals surface area contributed by atoms with Crippen molar-refractivity contribution in [2.24, 2.45) is 0 Å². The highest BCUT2D eigenvalue weighted by Crippen LogP contribution is 2.35. The largest absolute Gasteiger partial charge is 0.490 e. The summed E-state index contributed by atoms with van der Waals surface area (Å²) in [7, 11) is 0. The molecule has 31 heavy (non-hydrogen) atoms. The highest BCUT2D eigenvalue weighted by molar-refractivity contribution is 6.35. The van der Waals surface area contributed by atoms with E-state index in [1.165, 1.54) is 5.56 Å². The van der Waals surface area contributed by atoms with E-state index in [2.05, 4.69) is 37.0 Å². The van der Waals surface area contributed by atoms with Crippen LogP contribution >= 0.6 is 23.2 Å². The Morgan fingerprint density at radius 3 is 2.52 bits per heavy atom. The van der Waals surface area contributed by atoms with E-state index in [1.807, 2.05) is 37.3 Å². The quantitative estimate of drug-likeness (QED) is 0.318. The van der Waals surface area contributed by atoms with Gasteiger partial charge in [-0.1, -0.05) is 53.5 Å². The molecule has 0 saturated heterocycles. The van der Waals surface area contributed by atoms with Crippen LogP contribution in [-0.4, -0.2) is 6.61 Å². The molecule has 0 radical (unpaired) electrons. The third-order valence-corrected chi connectivity index (χ3v) is 5.46. The lowest BCUT2D eigenvalue weighted by atomic mass is 10.0. The zero-order valence-corrected chi connectivity index (χ0v) is 19.4. The number of benzene rings is 3. The molecule has 3 aromatic carbocycles. The third-order valence-electron chi connectivity index (χ3n) is 4.87. The Hall–Kier alpha value is -2.62. The molecule has 3 nitrogen and oxygen atoms in total. The number of anilines is 1. The highest BCUT2D eigenvalue weighted by atomic mass is 35.5. The number of halogens is 2. The summed E-state index contributed by atoms with van der Waals surface area (Å²) in [5, 5.41) is 4.68. The second-order valence-electron chi connectivity index (χ2n) is 7.20. The van der Waals surface area contributed by atoms with Gasteiger partial charge in [0.05, 0.1) is 6.61 Å². The van der Waals surface area contributed by atoms with Crippen LogP contribution in [0.2, 0.25) is 10.0 Å². The summed E-state index contributed by atoms with van der Waals surface area (Å²) in [5.41, 5.74) is 5.32. The maximum Gasteiger partial charge on any atom is 0.165 e. The normalized spacial score (nSPS) is 10.6. The zero-order valence-electron chi connectivity index (χ0n) is 17.9. The van der Waals surface area contributed by atoms with Crippen LogP contribution in [0.15, 0.2) is 67.3 Å². The molecule has 5 heteroatoms. The Kier molecular flexibility index (Phi) is 8.27. The van der Waals surface area contributed by atoms with Crippen LogP contribution < -0.4 is 14.8 Å². The smallest absolute Gasteiger partial charge is 0.165 e. The number of hydrogen-bond donors (Lipinski definition) is 1. The number of hydrogen-bond acceptors (Lipinski definition) is 3. The van der Waals surface area contributed by atoms with Crippen LogP contribution in [0, 0.1) is 6.92 Å². The van der Waals surface area contributed by atoms with Gasteiger partial charge in [-0.05, 0) is 61.7 Å². The molecular formula is C26H27Cl2NO2. The average Bonchev–Trinajstić information content (AvgIpc) is 2.74. The Morgan fingerprint density at radius 2 is 1.81 bits per heavy atom. The zero-order chi connectivity index (χ0) is 22.2. The Bertz CT molecular complexity index is 1050. The predicted molar refractivity (Wildman–Crippen MR) is 131 cm³/mol. The minimum absolute atomic E-state index is 0.320. The van der Waals surface area contributed by atoms with Crippen LogP contribution in [0.3, 0.4) is 0 Å². The Labute approximate surface area is 194 Å². The summed E-state index contributed by atoms with van der Waals surface area (Å²) in [4.78, 5) is 0. The van der Waals surface area contributed by atoms with Crippen LogP contribution in [0.4, 0.5) is 5.69 Å². The first-order valence-corrected chi connectivity index (χ1v) is 11.0. The Morgan fingerprint density at radius 1 is 1.00 bits per heavy atom. The first kappa shape index (κ1) is 23.1. The van der Waals surface area contributed by atoms with E-state index in [9.17, 15) is 0 Å². The Balaban J connectivity index is 1.86. The van der Waals surface area contributed by atoms with Crippen LogP contribution in [0.25, 0.3) is 0 Å². The molecule has 0 heterocycles. The SMILES string of the molecule is C=CCc1cc(CNc2ccccc2C)cc(OCC)c1OCc1ccc(Cl)cc1Cl. The molecule has 0 spiro atoms. The standard InChI is InChI=1S/C26H27Cl2NO2/c1-4-8-20-13-19(16-29-24-10-7-6-9-18(24)3)14-25(30-5-2)26(20)31-17-21-11-12-22(27)15-23(21)28/h4,6-7,9-15,29H,1,5,8,16-17H2,2-3H3. The van der Waals surface area contributed by atoms with Crippen molar-refractivity contribution in [3.8, 4) is 11.5 Å². The van der Waals surface area contributed by atoms with E-state index in [0.717, 1.165) is 22.4 Å². The highest BCUT2D eigenvalue weighted by Gasteiger charge is 2.15. The van der Waals surface area contributed by atoms with E-state index in [4.69, 9.17) is 32.7 Å². The number of ether oxygens (including phenoxy) is 2.